The molecule has 0 radical (unpaired) electrons. The first-order valence-electron chi connectivity index (χ1n) is 6.32. The molecule has 0 unspecified atom stereocenters. The van der Waals surface area contributed by atoms with E-state index in [2.05, 4.69) is 27.3 Å². The second-order valence-electron chi connectivity index (χ2n) is 4.35. The third kappa shape index (κ3) is 2.62. The summed E-state index contributed by atoms with van der Waals surface area (Å²) < 4.78 is 1.78. The predicted octanol–water partition coefficient (Wildman–Crippen LogP) is 4.01. The van der Waals surface area contributed by atoms with Crippen molar-refractivity contribution >= 4 is 44.8 Å². The molecule has 0 atom stereocenters. The summed E-state index contributed by atoms with van der Waals surface area (Å²) in [5.41, 5.74) is 3.46. The first-order valence-corrected chi connectivity index (χ1v) is 8.36. The molecule has 0 fully saturated rings. The van der Waals surface area contributed by atoms with Crippen molar-refractivity contribution in [3.05, 3.63) is 41.6 Å². The highest BCUT2D eigenvalue weighted by atomic mass is 32.2. The third-order valence-corrected chi connectivity index (χ3v) is 5.04. The van der Waals surface area contributed by atoms with Gasteiger partial charge < -0.3 is 5.32 Å². The smallest absolute Gasteiger partial charge is 0.173 e. The molecule has 0 spiro atoms. The van der Waals surface area contributed by atoms with Crippen LogP contribution in [-0.2, 0) is 0 Å². The molecule has 1 aromatic carbocycles. The highest BCUT2D eigenvalue weighted by Gasteiger charge is 2.14. The molecular weight excluding hydrogens is 312 g/mol. The minimum atomic E-state index is 0.481. The van der Waals surface area contributed by atoms with Crippen molar-refractivity contribution in [3.8, 4) is 18.4 Å². The topological polar surface area (TPSA) is 61.6 Å². The molecule has 0 aliphatic carbocycles. The fraction of sp³-hybridized carbons (Fsp3) is 0.0625. The molecule has 106 valence electrons. The van der Waals surface area contributed by atoms with Crippen LogP contribution in [0.25, 0.3) is 10.3 Å². The lowest BCUT2D eigenvalue weighted by Gasteiger charge is -2.09. The fourth-order valence-electron chi connectivity index (χ4n) is 1.98. The van der Waals surface area contributed by atoms with Gasteiger partial charge in [0.2, 0.25) is 0 Å². The van der Waals surface area contributed by atoms with Gasteiger partial charge in [0, 0.05) is 17.4 Å². The molecule has 0 saturated heterocycles. The van der Waals surface area contributed by atoms with E-state index in [-0.39, 0.29) is 0 Å². The van der Waals surface area contributed by atoms with Crippen LogP contribution in [0.4, 0.5) is 11.4 Å². The number of hydrogen-bond donors (Lipinski definition) is 1. The number of fused-ring (bicyclic) bond motifs is 1. The maximum atomic E-state index is 9.34. The fourth-order valence-corrected chi connectivity index (χ4v) is 3.50. The largest absolute Gasteiger partial charge is 0.353 e. The van der Waals surface area contributed by atoms with E-state index in [0.29, 0.717) is 11.2 Å². The Bertz CT molecular complexity index is 931. The Morgan fingerprint density at radius 2 is 2.27 bits per heavy atom. The molecule has 3 rings (SSSR count). The maximum Gasteiger partial charge on any atom is 0.173 e. The van der Waals surface area contributed by atoms with Gasteiger partial charge in [-0.25, -0.2) is 9.97 Å². The SMILES string of the molecule is C#Cc1cccc(Nc2c(C#N)cnc3nc(SC)sc23)c1. The Morgan fingerprint density at radius 1 is 1.41 bits per heavy atom. The molecule has 0 saturated carbocycles. The van der Waals surface area contributed by atoms with Crippen molar-refractivity contribution in [1.29, 1.82) is 5.26 Å². The number of nitrogens with one attached hydrogen (secondary N) is 1. The van der Waals surface area contributed by atoms with Crippen molar-refractivity contribution in [2.45, 2.75) is 4.34 Å². The summed E-state index contributed by atoms with van der Waals surface area (Å²) >= 11 is 3.08. The Balaban J connectivity index is 2.14. The Morgan fingerprint density at radius 3 is 3.00 bits per heavy atom. The first-order chi connectivity index (χ1) is 10.7. The number of nitriles is 1. The molecule has 0 bridgehead atoms. The number of thiazole rings is 1. The van der Waals surface area contributed by atoms with Gasteiger partial charge in [-0.05, 0) is 24.5 Å². The van der Waals surface area contributed by atoms with Crippen LogP contribution in [0, 0.1) is 23.7 Å². The molecule has 0 aliphatic rings. The number of rotatable bonds is 3. The van der Waals surface area contributed by atoms with E-state index in [0.717, 1.165) is 26.0 Å². The van der Waals surface area contributed by atoms with E-state index in [9.17, 15) is 5.26 Å². The number of thioether (sulfide) groups is 1. The summed E-state index contributed by atoms with van der Waals surface area (Å²) in [7, 11) is 0. The van der Waals surface area contributed by atoms with Gasteiger partial charge in [0.25, 0.3) is 0 Å². The van der Waals surface area contributed by atoms with Gasteiger partial charge in [0.15, 0.2) is 9.99 Å². The van der Waals surface area contributed by atoms with Crippen molar-refractivity contribution in [1.82, 2.24) is 9.97 Å². The van der Waals surface area contributed by atoms with Gasteiger partial charge in [0.05, 0.1) is 16.0 Å². The first kappa shape index (κ1) is 14.4. The summed E-state index contributed by atoms with van der Waals surface area (Å²) in [4.78, 5) is 8.68. The van der Waals surface area contributed by atoms with E-state index in [1.165, 1.54) is 11.3 Å². The number of anilines is 2. The number of nitrogens with zero attached hydrogens (tertiary/aromatic N) is 3. The minimum absolute atomic E-state index is 0.481. The van der Waals surface area contributed by atoms with Crippen LogP contribution in [0.1, 0.15) is 11.1 Å². The second kappa shape index (κ2) is 6.07. The van der Waals surface area contributed by atoms with E-state index in [1.54, 1.807) is 18.0 Å². The Labute approximate surface area is 136 Å². The molecule has 0 amide bonds. The van der Waals surface area contributed by atoms with Crippen LogP contribution in [0.15, 0.2) is 34.8 Å². The zero-order valence-corrected chi connectivity index (χ0v) is 13.3. The van der Waals surface area contributed by atoms with Crippen LogP contribution >= 0.6 is 23.1 Å². The van der Waals surface area contributed by atoms with Crippen LogP contribution in [0.2, 0.25) is 0 Å². The van der Waals surface area contributed by atoms with E-state index in [1.807, 2.05) is 30.5 Å². The Hall–Kier alpha value is -2.54. The molecule has 1 N–H and O–H groups in total. The summed E-state index contributed by atoms with van der Waals surface area (Å²) in [6, 6.07) is 9.68. The van der Waals surface area contributed by atoms with Crippen molar-refractivity contribution in [2.24, 2.45) is 0 Å². The molecule has 6 heteroatoms. The van der Waals surface area contributed by atoms with Crippen molar-refractivity contribution in [2.75, 3.05) is 11.6 Å². The van der Waals surface area contributed by atoms with Gasteiger partial charge in [0.1, 0.15) is 6.07 Å². The lowest BCUT2D eigenvalue weighted by atomic mass is 10.2. The lowest BCUT2D eigenvalue weighted by molar-refractivity contribution is 1.23. The van der Waals surface area contributed by atoms with Gasteiger partial charge in [-0.15, -0.1) is 17.8 Å². The monoisotopic (exact) mass is 322 g/mol. The predicted molar refractivity (Wildman–Crippen MR) is 91.6 cm³/mol. The quantitative estimate of drug-likeness (QED) is 0.583. The van der Waals surface area contributed by atoms with Crippen LogP contribution in [-0.4, -0.2) is 16.2 Å². The van der Waals surface area contributed by atoms with E-state index in [4.69, 9.17) is 6.42 Å². The number of pyridine rings is 1. The zero-order chi connectivity index (χ0) is 15.5. The van der Waals surface area contributed by atoms with Gasteiger partial charge >= 0.3 is 0 Å². The van der Waals surface area contributed by atoms with Gasteiger partial charge in [-0.2, -0.15) is 5.26 Å². The Kier molecular flexibility index (Phi) is 3.97. The molecule has 22 heavy (non-hydrogen) atoms. The molecular formula is C16H10N4S2. The third-order valence-electron chi connectivity index (χ3n) is 3.00. The summed E-state index contributed by atoms with van der Waals surface area (Å²) in [5.74, 6) is 2.60. The number of hydrogen-bond acceptors (Lipinski definition) is 6. The zero-order valence-electron chi connectivity index (χ0n) is 11.6. The van der Waals surface area contributed by atoms with Crippen LogP contribution in [0.3, 0.4) is 0 Å². The van der Waals surface area contributed by atoms with E-state index >= 15 is 0 Å². The summed E-state index contributed by atoms with van der Waals surface area (Å²) in [5, 5.41) is 12.6. The second-order valence-corrected chi connectivity index (χ2v) is 6.40. The number of aromatic nitrogens is 2. The van der Waals surface area contributed by atoms with E-state index < -0.39 is 0 Å². The normalized spacial score (nSPS) is 10.1. The van der Waals surface area contributed by atoms with Crippen LogP contribution in [0.5, 0.6) is 0 Å². The highest BCUT2D eigenvalue weighted by Crippen LogP contribution is 2.35. The number of benzene rings is 1. The highest BCUT2D eigenvalue weighted by molar-refractivity contribution is 8.00. The number of terminal acetylenes is 1. The molecule has 4 nitrogen and oxygen atoms in total. The minimum Gasteiger partial charge on any atom is -0.353 e. The van der Waals surface area contributed by atoms with Crippen LogP contribution < -0.4 is 5.32 Å². The standard InChI is InChI=1S/C16H10N4S2/c1-3-10-5-4-6-12(7-10)19-13-11(8-17)9-18-15-14(13)22-16(20-15)21-2/h1,4-7,9H,2H3,(H,18,19). The molecule has 2 heterocycles. The summed E-state index contributed by atoms with van der Waals surface area (Å²) in [6.45, 7) is 0. The molecule has 2 aromatic heterocycles. The summed E-state index contributed by atoms with van der Waals surface area (Å²) in [6.07, 6.45) is 8.94. The average molecular weight is 322 g/mol. The lowest BCUT2D eigenvalue weighted by Crippen LogP contribution is -1.95. The molecule has 0 aliphatic heterocycles. The average Bonchev–Trinajstić information content (AvgIpc) is 2.99. The maximum absolute atomic E-state index is 9.34. The van der Waals surface area contributed by atoms with Gasteiger partial charge in [-0.3, -0.25) is 0 Å². The van der Waals surface area contributed by atoms with Gasteiger partial charge in [-0.1, -0.05) is 23.7 Å². The van der Waals surface area contributed by atoms with Crippen molar-refractivity contribution < 1.29 is 0 Å². The molecule has 3 aromatic rings. The van der Waals surface area contributed by atoms with Crippen molar-refractivity contribution in [3.63, 3.8) is 0 Å².